The molecular formula is C15H17NO4. The van der Waals surface area contributed by atoms with Crippen LogP contribution in [0.25, 0.3) is 6.08 Å². The summed E-state index contributed by atoms with van der Waals surface area (Å²) < 4.78 is 18.6. The maximum atomic E-state index is 12.2. The third-order valence-corrected chi connectivity index (χ3v) is 4.47. The van der Waals surface area contributed by atoms with Gasteiger partial charge in [-0.2, -0.15) is 0 Å². The van der Waals surface area contributed by atoms with E-state index in [2.05, 4.69) is 11.5 Å². The van der Waals surface area contributed by atoms with E-state index < -0.39 is 0 Å². The first-order chi connectivity index (χ1) is 9.71. The second-order valence-corrected chi connectivity index (χ2v) is 5.41. The Morgan fingerprint density at radius 2 is 2.40 bits per heavy atom. The van der Waals surface area contributed by atoms with Gasteiger partial charge in [0.2, 0.25) is 0 Å². The Morgan fingerprint density at radius 3 is 3.15 bits per heavy atom. The molecule has 3 aliphatic rings. The zero-order valence-electron chi connectivity index (χ0n) is 11.6. The number of carbonyl (C=O) groups excluding carboxylic acids is 1. The zero-order chi connectivity index (χ0) is 13.9. The highest BCUT2D eigenvalue weighted by Crippen LogP contribution is 2.65. The first-order valence-corrected chi connectivity index (χ1v) is 7.10. The average Bonchev–Trinajstić information content (AvgIpc) is 2.86. The lowest BCUT2D eigenvalue weighted by molar-refractivity contribution is 0.0377. The molecule has 1 saturated heterocycles. The Labute approximate surface area is 117 Å². The topological polar surface area (TPSA) is 49.7 Å². The Bertz CT molecular complexity index is 630. The second kappa shape index (κ2) is 3.88. The number of hydrogen-bond donors (Lipinski definition) is 0. The van der Waals surface area contributed by atoms with E-state index in [9.17, 15) is 4.79 Å². The molecule has 1 aromatic heterocycles. The molecule has 0 radical (unpaired) electrons. The third kappa shape index (κ3) is 1.33. The fourth-order valence-electron chi connectivity index (χ4n) is 3.44. The molecule has 5 nitrogen and oxygen atoms in total. The van der Waals surface area contributed by atoms with Gasteiger partial charge >= 0.3 is 5.97 Å². The van der Waals surface area contributed by atoms with E-state index in [1.807, 2.05) is 19.2 Å². The molecule has 0 N–H and O–H groups in total. The molecule has 0 bridgehead atoms. The minimum Gasteiger partial charge on any atom is -0.469 e. The SMILES string of the molecule is CCOC(=O)c1cn(CC)c2c1C1CC13OCOC3=C2. The van der Waals surface area contributed by atoms with Crippen LogP contribution in [0.1, 0.15) is 47.8 Å². The molecule has 1 saturated carbocycles. The molecule has 2 heterocycles. The van der Waals surface area contributed by atoms with Crippen molar-refractivity contribution >= 4 is 12.0 Å². The van der Waals surface area contributed by atoms with Crippen molar-refractivity contribution in [2.75, 3.05) is 13.4 Å². The molecule has 1 aliphatic heterocycles. The van der Waals surface area contributed by atoms with Crippen LogP contribution in [0.15, 0.2) is 12.0 Å². The Hall–Kier alpha value is -1.75. The van der Waals surface area contributed by atoms with Gasteiger partial charge in [0.25, 0.3) is 0 Å². The predicted octanol–water partition coefficient (Wildman–Crippen LogP) is 2.27. The van der Waals surface area contributed by atoms with Crippen molar-refractivity contribution in [3.63, 3.8) is 0 Å². The van der Waals surface area contributed by atoms with Gasteiger partial charge in [-0.25, -0.2) is 4.79 Å². The van der Waals surface area contributed by atoms with E-state index in [1.165, 1.54) is 0 Å². The van der Waals surface area contributed by atoms with Crippen LogP contribution >= 0.6 is 0 Å². The van der Waals surface area contributed by atoms with E-state index in [-0.39, 0.29) is 17.5 Å². The smallest absolute Gasteiger partial charge is 0.339 e. The molecular weight excluding hydrogens is 258 g/mol. The Balaban J connectivity index is 1.86. The van der Waals surface area contributed by atoms with Gasteiger partial charge in [-0.05, 0) is 25.8 Å². The van der Waals surface area contributed by atoms with Crippen molar-refractivity contribution in [2.24, 2.45) is 0 Å². The molecule has 1 aromatic rings. The summed E-state index contributed by atoms with van der Waals surface area (Å²) in [4.78, 5) is 12.2. The fraction of sp³-hybridized carbons (Fsp3) is 0.533. The van der Waals surface area contributed by atoms with Crippen LogP contribution in [0.4, 0.5) is 0 Å². The highest BCUT2D eigenvalue weighted by atomic mass is 16.7. The number of rotatable bonds is 3. The molecule has 106 valence electrons. The van der Waals surface area contributed by atoms with Gasteiger partial charge in [0.15, 0.2) is 6.79 Å². The first-order valence-electron chi connectivity index (χ1n) is 7.10. The summed E-state index contributed by atoms with van der Waals surface area (Å²) >= 11 is 0. The molecule has 5 heteroatoms. The molecule has 2 unspecified atom stereocenters. The van der Waals surface area contributed by atoms with Crippen molar-refractivity contribution in [3.05, 3.63) is 28.8 Å². The van der Waals surface area contributed by atoms with E-state index in [1.54, 1.807) is 0 Å². The number of nitrogens with zero attached hydrogens (tertiary/aromatic N) is 1. The van der Waals surface area contributed by atoms with Crippen molar-refractivity contribution in [1.82, 2.24) is 4.57 Å². The molecule has 2 atom stereocenters. The van der Waals surface area contributed by atoms with Gasteiger partial charge in [0, 0.05) is 30.4 Å². The van der Waals surface area contributed by atoms with Crippen LogP contribution < -0.4 is 0 Å². The first kappa shape index (κ1) is 12.0. The predicted molar refractivity (Wildman–Crippen MR) is 71.2 cm³/mol. The van der Waals surface area contributed by atoms with Gasteiger partial charge in [0.05, 0.1) is 12.2 Å². The number of esters is 1. The fourth-order valence-corrected chi connectivity index (χ4v) is 3.44. The van der Waals surface area contributed by atoms with Crippen molar-refractivity contribution < 1.29 is 19.0 Å². The van der Waals surface area contributed by atoms with Gasteiger partial charge in [-0.1, -0.05) is 0 Å². The van der Waals surface area contributed by atoms with Crippen molar-refractivity contribution in [1.29, 1.82) is 0 Å². The number of fused-ring (bicyclic) bond motifs is 2. The monoisotopic (exact) mass is 275 g/mol. The van der Waals surface area contributed by atoms with Crippen LogP contribution in [0.2, 0.25) is 0 Å². The minimum atomic E-state index is -0.297. The number of carbonyl (C=O) groups is 1. The number of hydrogen-bond acceptors (Lipinski definition) is 4. The molecule has 2 aliphatic carbocycles. The Kier molecular flexibility index (Phi) is 2.33. The van der Waals surface area contributed by atoms with Gasteiger partial charge in [0.1, 0.15) is 11.4 Å². The lowest BCUT2D eigenvalue weighted by Gasteiger charge is -2.16. The normalized spacial score (nSPS) is 28.9. The van der Waals surface area contributed by atoms with Gasteiger partial charge in [-0.15, -0.1) is 0 Å². The highest BCUT2D eigenvalue weighted by molar-refractivity contribution is 5.94. The van der Waals surface area contributed by atoms with Crippen LogP contribution in [0.3, 0.4) is 0 Å². The molecule has 0 aromatic carbocycles. The lowest BCUT2D eigenvalue weighted by atomic mass is 9.97. The zero-order valence-corrected chi connectivity index (χ0v) is 11.6. The highest BCUT2D eigenvalue weighted by Gasteiger charge is 2.66. The van der Waals surface area contributed by atoms with Crippen LogP contribution in [-0.4, -0.2) is 29.5 Å². The lowest BCUT2D eigenvalue weighted by Crippen LogP contribution is -2.17. The van der Waals surface area contributed by atoms with E-state index in [4.69, 9.17) is 14.2 Å². The van der Waals surface area contributed by atoms with Crippen LogP contribution in [-0.2, 0) is 20.8 Å². The number of ether oxygens (including phenoxy) is 3. The van der Waals surface area contributed by atoms with E-state index >= 15 is 0 Å². The number of aromatic nitrogens is 1. The quantitative estimate of drug-likeness (QED) is 0.794. The Morgan fingerprint density at radius 1 is 1.55 bits per heavy atom. The van der Waals surface area contributed by atoms with Crippen molar-refractivity contribution in [3.8, 4) is 0 Å². The molecule has 0 amide bonds. The molecule has 20 heavy (non-hydrogen) atoms. The summed E-state index contributed by atoms with van der Waals surface area (Å²) in [6.07, 6.45) is 4.82. The van der Waals surface area contributed by atoms with E-state index in [0.717, 1.165) is 30.0 Å². The van der Waals surface area contributed by atoms with Crippen LogP contribution in [0, 0.1) is 0 Å². The van der Waals surface area contributed by atoms with Gasteiger partial charge < -0.3 is 18.8 Å². The summed E-state index contributed by atoms with van der Waals surface area (Å²) in [7, 11) is 0. The summed E-state index contributed by atoms with van der Waals surface area (Å²) in [5.74, 6) is 0.902. The summed E-state index contributed by atoms with van der Waals surface area (Å²) in [5.41, 5.74) is 2.51. The minimum absolute atomic E-state index is 0.229. The van der Waals surface area contributed by atoms with Gasteiger partial charge in [-0.3, -0.25) is 0 Å². The number of aryl methyl sites for hydroxylation is 1. The average molecular weight is 275 g/mol. The summed E-state index contributed by atoms with van der Waals surface area (Å²) in [6.45, 7) is 5.40. The maximum absolute atomic E-state index is 12.2. The molecule has 1 spiro atoms. The summed E-state index contributed by atoms with van der Waals surface area (Å²) in [6, 6.07) is 0. The summed E-state index contributed by atoms with van der Waals surface area (Å²) in [5, 5.41) is 0. The second-order valence-electron chi connectivity index (χ2n) is 5.41. The van der Waals surface area contributed by atoms with E-state index in [0.29, 0.717) is 19.0 Å². The molecule has 4 rings (SSSR count). The third-order valence-electron chi connectivity index (χ3n) is 4.47. The maximum Gasteiger partial charge on any atom is 0.339 e. The molecule has 2 fully saturated rings. The van der Waals surface area contributed by atoms with Crippen LogP contribution in [0.5, 0.6) is 0 Å². The van der Waals surface area contributed by atoms with Crippen molar-refractivity contribution in [2.45, 2.75) is 38.3 Å². The standard InChI is InChI=1S/C15H17NO4/c1-3-16-7-9(14(17)18-4-2)13-10-6-15(10)12(5-11(13)16)19-8-20-15/h5,7,10H,3-4,6,8H2,1-2H3. The largest absolute Gasteiger partial charge is 0.469 e.